The van der Waals surface area contributed by atoms with Gasteiger partial charge < -0.3 is 18.9 Å². The van der Waals surface area contributed by atoms with E-state index >= 15 is 0 Å². The third-order valence-corrected chi connectivity index (χ3v) is 6.33. The van der Waals surface area contributed by atoms with Crippen LogP contribution >= 0.6 is 0 Å². The third kappa shape index (κ3) is 6.35. The van der Waals surface area contributed by atoms with Crippen LogP contribution in [0, 0.1) is 5.92 Å². The van der Waals surface area contributed by atoms with Crippen LogP contribution in [0.1, 0.15) is 30.0 Å². The lowest BCUT2D eigenvalue weighted by atomic mass is 9.80. The molecule has 1 aliphatic rings. The van der Waals surface area contributed by atoms with E-state index in [1.165, 1.54) is 0 Å². The van der Waals surface area contributed by atoms with Crippen LogP contribution < -0.4 is 4.74 Å². The summed E-state index contributed by atoms with van der Waals surface area (Å²) in [6.07, 6.45) is 0.245. The second-order valence-electron chi connectivity index (χ2n) is 8.94. The Morgan fingerprint density at radius 1 is 0.676 bits per heavy atom. The topological polar surface area (TPSA) is 36.9 Å². The van der Waals surface area contributed by atoms with Crippen LogP contribution in [-0.2, 0) is 34.0 Å². The Morgan fingerprint density at radius 2 is 1.18 bits per heavy atom. The van der Waals surface area contributed by atoms with Gasteiger partial charge in [0.15, 0.2) is 0 Å². The summed E-state index contributed by atoms with van der Waals surface area (Å²) in [5, 5.41) is 0. The Labute approximate surface area is 203 Å². The number of rotatable bonds is 10. The molecule has 4 nitrogen and oxygen atoms in total. The SMILES string of the molecule is C=C1C[C@@H](C)[C@H](OCc2ccccc2)[C@@H](OCc2ccccc2)[C@@H]1OCc1ccc(OC)cc1. The second kappa shape index (κ2) is 12.0. The van der Waals surface area contributed by atoms with Gasteiger partial charge in [-0.1, -0.05) is 86.3 Å². The fraction of sp³-hybridized carbons (Fsp3) is 0.333. The molecule has 1 fully saturated rings. The van der Waals surface area contributed by atoms with E-state index in [1.807, 2.05) is 60.7 Å². The molecule has 0 unspecified atom stereocenters. The zero-order valence-corrected chi connectivity index (χ0v) is 20.1. The van der Waals surface area contributed by atoms with Gasteiger partial charge in [0.25, 0.3) is 0 Å². The predicted molar refractivity (Wildman–Crippen MR) is 135 cm³/mol. The summed E-state index contributed by atoms with van der Waals surface area (Å²) in [7, 11) is 1.67. The van der Waals surface area contributed by atoms with Crippen molar-refractivity contribution in [2.45, 2.75) is 51.5 Å². The van der Waals surface area contributed by atoms with Crippen molar-refractivity contribution in [1.29, 1.82) is 0 Å². The lowest BCUT2D eigenvalue weighted by Gasteiger charge is -2.42. The first-order valence-corrected chi connectivity index (χ1v) is 11.9. The zero-order valence-electron chi connectivity index (χ0n) is 20.1. The molecule has 4 atom stereocenters. The highest BCUT2D eigenvalue weighted by atomic mass is 16.6. The summed E-state index contributed by atoms with van der Waals surface area (Å²) in [5.74, 6) is 1.11. The predicted octanol–water partition coefficient (Wildman–Crippen LogP) is 6.35. The van der Waals surface area contributed by atoms with Gasteiger partial charge in [-0.15, -0.1) is 0 Å². The summed E-state index contributed by atoms with van der Waals surface area (Å²) in [6, 6.07) is 28.4. The lowest BCUT2D eigenvalue weighted by molar-refractivity contribution is -0.168. The van der Waals surface area contributed by atoms with E-state index in [4.69, 9.17) is 18.9 Å². The fourth-order valence-corrected chi connectivity index (χ4v) is 4.47. The first kappa shape index (κ1) is 24.2. The number of hydrogen-bond acceptors (Lipinski definition) is 4. The van der Waals surface area contributed by atoms with Crippen LogP contribution in [0.3, 0.4) is 0 Å². The molecule has 0 aromatic heterocycles. The smallest absolute Gasteiger partial charge is 0.118 e. The molecule has 3 aromatic rings. The molecule has 0 bridgehead atoms. The molecule has 0 saturated heterocycles. The summed E-state index contributed by atoms with van der Waals surface area (Å²) < 4.78 is 24.7. The lowest BCUT2D eigenvalue weighted by Crippen LogP contribution is -2.50. The molecular formula is C30H34O4. The van der Waals surface area contributed by atoms with Crippen molar-refractivity contribution in [3.63, 3.8) is 0 Å². The maximum absolute atomic E-state index is 6.52. The maximum atomic E-state index is 6.52. The van der Waals surface area contributed by atoms with Gasteiger partial charge in [0.05, 0.1) is 33.0 Å². The Kier molecular flexibility index (Phi) is 8.53. The Bertz CT molecular complexity index is 1020. The van der Waals surface area contributed by atoms with E-state index in [0.717, 1.165) is 34.4 Å². The highest BCUT2D eigenvalue weighted by Crippen LogP contribution is 2.35. The number of methoxy groups -OCH3 is 1. The van der Waals surface area contributed by atoms with E-state index in [1.54, 1.807) is 7.11 Å². The van der Waals surface area contributed by atoms with Crippen molar-refractivity contribution >= 4 is 0 Å². The molecule has 4 rings (SSSR count). The average molecular weight is 459 g/mol. The van der Waals surface area contributed by atoms with Crippen LogP contribution in [0.5, 0.6) is 5.75 Å². The molecule has 0 heterocycles. The molecule has 4 heteroatoms. The fourth-order valence-electron chi connectivity index (χ4n) is 4.47. The molecule has 0 aliphatic heterocycles. The molecule has 3 aromatic carbocycles. The van der Waals surface area contributed by atoms with Crippen LogP contribution in [0.2, 0.25) is 0 Å². The van der Waals surface area contributed by atoms with Crippen molar-refractivity contribution in [1.82, 2.24) is 0 Å². The molecular weight excluding hydrogens is 424 g/mol. The van der Waals surface area contributed by atoms with Gasteiger partial charge in [-0.25, -0.2) is 0 Å². The third-order valence-electron chi connectivity index (χ3n) is 6.33. The van der Waals surface area contributed by atoms with Crippen molar-refractivity contribution in [2.24, 2.45) is 5.92 Å². The van der Waals surface area contributed by atoms with E-state index < -0.39 is 0 Å². The molecule has 34 heavy (non-hydrogen) atoms. The van der Waals surface area contributed by atoms with Crippen molar-refractivity contribution < 1.29 is 18.9 Å². The summed E-state index contributed by atoms with van der Waals surface area (Å²) >= 11 is 0. The van der Waals surface area contributed by atoms with Crippen molar-refractivity contribution in [2.75, 3.05) is 7.11 Å². The minimum absolute atomic E-state index is 0.102. The second-order valence-corrected chi connectivity index (χ2v) is 8.94. The van der Waals surface area contributed by atoms with Gasteiger partial charge in [0.2, 0.25) is 0 Å². The van der Waals surface area contributed by atoms with E-state index in [0.29, 0.717) is 19.8 Å². The molecule has 0 N–H and O–H groups in total. The standard InChI is InChI=1S/C30H34O4/c1-22-18-23(2)29(33-21-26-14-16-27(31-3)17-15-26)30(34-20-25-12-8-5-9-13-25)28(22)32-19-24-10-6-4-7-11-24/h4-17,22,28-30H,2,18-21H2,1,3H3/t22-,28+,29-,30-/m1/s1. The van der Waals surface area contributed by atoms with Crippen LogP contribution in [-0.4, -0.2) is 25.4 Å². The van der Waals surface area contributed by atoms with Gasteiger partial charge in [0.1, 0.15) is 18.0 Å². The zero-order chi connectivity index (χ0) is 23.8. The Hall–Kier alpha value is -2.92. The molecule has 1 saturated carbocycles. The molecule has 0 radical (unpaired) electrons. The molecule has 178 valence electrons. The summed E-state index contributed by atoms with van der Waals surface area (Å²) in [4.78, 5) is 0. The molecule has 1 aliphatic carbocycles. The largest absolute Gasteiger partial charge is 0.497 e. The van der Waals surface area contributed by atoms with Gasteiger partial charge in [-0.3, -0.25) is 0 Å². The van der Waals surface area contributed by atoms with Crippen molar-refractivity contribution in [3.8, 4) is 5.75 Å². The Morgan fingerprint density at radius 3 is 1.74 bits per heavy atom. The first-order valence-electron chi connectivity index (χ1n) is 11.9. The number of ether oxygens (including phenoxy) is 4. The monoisotopic (exact) mass is 458 g/mol. The van der Waals surface area contributed by atoms with Crippen LogP contribution in [0.15, 0.2) is 97.1 Å². The summed E-state index contributed by atoms with van der Waals surface area (Å²) in [6.45, 7) is 8.08. The van der Waals surface area contributed by atoms with E-state index in [2.05, 4.69) is 37.8 Å². The quantitative estimate of drug-likeness (QED) is 0.332. The number of hydrogen-bond donors (Lipinski definition) is 0. The van der Waals surface area contributed by atoms with Gasteiger partial charge in [-0.2, -0.15) is 0 Å². The maximum Gasteiger partial charge on any atom is 0.118 e. The van der Waals surface area contributed by atoms with Gasteiger partial charge in [0, 0.05) is 0 Å². The first-order chi connectivity index (χ1) is 16.6. The van der Waals surface area contributed by atoms with Crippen LogP contribution in [0.4, 0.5) is 0 Å². The van der Waals surface area contributed by atoms with Crippen LogP contribution in [0.25, 0.3) is 0 Å². The minimum Gasteiger partial charge on any atom is -0.497 e. The molecule has 0 amide bonds. The minimum atomic E-state index is -0.251. The molecule has 0 spiro atoms. The highest BCUT2D eigenvalue weighted by molar-refractivity contribution is 5.27. The van der Waals surface area contributed by atoms with Gasteiger partial charge >= 0.3 is 0 Å². The average Bonchev–Trinajstić information content (AvgIpc) is 2.88. The van der Waals surface area contributed by atoms with Crippen molar-refractivity contribution in [3.05, 3.63) is 114 Å². The normalized spacial score (nSPS) is 22.5. The summed E-state index contributed by atoms with van der Waals surface area (Å²) in [5.41, 5.74) is 4.41. The van der Waals surface area contributed by atoms with E-state index in [9.17, 15) is 0 Å². The van der Waals surface area contributed by atoms with E-state index in [-0.39, 0.29) is 24.2 Å². The highest BCUT2D eigenvalue weighted by Gasteiger charge is 2.42. The van der Waals surface area contributed by atoms with Gasteiger partial charge in [-0.05, 0) is 46.7 Å². The number of benzene rings is 3. The Balaban J connectivity index is 1.50.